The van der Waals surface area contributed by atoms with Gasteiger partial charge in [0.05, 0.1) is 16.4 Å². The van der Waals surface area contributed by atoms with Gasteiger partial charge in [0.1, 0.15) is 0 Å². The summed E-state index contributed by atoms with van der Waals surface area (Å²) >= 11 is 0. The Morgan fingerprint density at radius 2 is 0.800 bits per heavy atom. The molecular formula is C78H54N2. The molecule has 3 aliphatic carbocycles. The molecule has 13 aromatic rings. The van der Waals surface area contributed by atoms with E-state index in [2.05, 4.69) is 303 Å². The number of anilines is 3. The molecule has 1 aromatic heterocycles. The summed E-state index contributed by atoms with van der Waals surface area (Å²) in [5.41, 5.74) is 30.4. The predicted octanol–water partition coefficient (Wildman–Crippen LogP) is 20.5. The minimum Gasteiger partial charge on any atom is -0.310 e. The van der Waals surface area contributed by atoms with Crippen molar-refractivity contribution in [2.45, 2.75) is 24.7 Å². The van der Waals surface area contributed by atoms with Gasteiger partial charge in [0.2, 0.25) is 0 Å². The van der Waals surface area contributed by atoms with Crippen LogP contribution in [-0.2, 0) is 10.8 Å². The van der Waals surface area contributed by atoms with Gasteiger partial charge >= 0.3 is 0 Å². The minimum absolute atomic E-state index is 0.122. The van der Waals surface area contributed by atoms with Crippen LogP contribution in [0.2, 0.25) is 0 Å². The first kappa shape index (κ1) is 46.1. The van der Waals surface area contributed by atoms with Gasteiger partial charge in [-0.1, -0.05) is 221 Å². The van der Waals surface area contributed by atoms with Gasteiger partial charge in [-0.2, -0.15) is 0 Å². The summed E-state index contributed by atoms with van der Waals surface area (Å²) in [5.74, 6) is 0. The summed E-state index contributed by atoms with van der Waals surface area (Å²) in [6.07, 6.45) is 1.93. The average molecular weight is 1020 g/mol. The molecule has 1 heterocycles. The molecule has 80 heavy (non-hydrogen) atoms. The Balaban J connectivity index is 0.810. The molecule has 1 atom stereocenters. The topological polar surface area (TPSA) is 8.17 Å². The van der Waals surface area contributed by atoms with E-state index in [9.17, 15) is 0 Å². The van der Waals surface area contributed by atoms with Crippen LogP contribution in [0, 0.1) is 0 Å². The fraction of sp³-hybridized carbons (Fsp3) is 0.0513. The summed E-state index contributed by atoms with van der Waals surface area (Å²) in [5, 5.41) is 2.46. The first-order chi connectivity index (χ1) is 39.4. The third-order valence-electron chi connectivity index (χ3n) is 18.0. The van der Waals surface area contributed by atoms with Crippen molar-refractivity contribution in [2.75, 3.05) is 4.90 Å². The lowest BCUT2D eigenvalue weighted by molar-refractivity contribution is 0.660. The molecule has 0 saturated carbocycles. The molecule has 0 N–H and O–H groups in total. The lowest BCUT2D eigenvalue weighted by atomic mass is 9.70. The van der Waals surface area contributed by atoms with Crippen LogP contribution < -0.4 is 4.90 Å². The molecule has 12 aromatic carbocycles. The third kappa shape index (κ3) is 6.66. The summed E-state index contributed by atoms with van der Waals surface area (Å²) in [7, 11) is 0. The van der Waals surface area contributed by atoms with Gasteiger partial charge in [0, 0.05) is 38.9 Å². The number of para-hydroxylation sites is 1. The lowest BCUT2D eigenvalue weighted by Gasteiger charge is -2.31. The van der Waals surface area contributed by atoms with Crippen LogP contribution in [0.5, 0.6) is 0 Å². The Labute approximate surface area is 467 Å². The molecule has 0 aliphatic heterocycles. The molecule has 376 valence electrons. The van der Waals surface area contributed by atoms with Gasteiger partial charge in [0.25, 0.3) is 0 Å². The van der Waals surface area contributed by atoms with Crippen LogP contribution in [0.1, 0.15) is 52.8 Å². The maximum Gasteiger partial charge on any atom is 0.0726 e. The number of rotatable bonds is 8. The second-order valence-electron chi connectivity index (χ2n) is 22.4. The van der Waals surface area contributed by atoms with E-state index in [1.54, 1.807) is 0 Å². The summed E-state index contributed by atoms with van der Waals surface area (Å²) in [4.78, 5) is 2.41. The summed E-state index contributed by atoms with van der Waals surface area (Å²) in [6.45, 7) is 8.81. The molecule has 16 rings (SSSR count). The normalized spacial score (nSPS) is 14.8. The Bertz CT molecular complexity index is 4670. The second-order valence-corrected chi connectivity index (χ2v) is 22.4. The maximum absolute atomic E-state index is 4.09. The van der Waals surface area contributed by atoms with Gasteiger partial charge in [-0.05, 0) is 185 Å². The number of nitrogens with zero attached hydrogens (tertiary/aromatic N) is 2. The molecule has 0 amide bonds. The van der Waals surface area contributed by atoms with Crippen molar-refractivity contribution in [1.82, 2.24) is 4.57 Å². The number of benzene rings is 12. The van der Waals surface area contributed by atoms with E-state index in [1.807, 2.05) is 6.08 Å². The number of aromatic nitrogens is 1. The molecule has 1 spiro atoms. The highest BCUT2D eigenvalue weighted by molar-refractivity contribution is 6.11. The number of hydrogen-bond acceptors (Lipinski definition) is 1. The molecule has 1 unspecified atom stereocenters. The van der Waals surface area contributed by atoms with E-state index in [1.165, 1.54) is 122 Å². The van der Waals surface area contributed by atoms with Crippen LogP contribution >= 0.6 is 0 Å². The van der Waals surface area contributed by atoms with Gasteiger partial charge in [0.15, 0.2) is 0 Å². The first-order valence-corrected chi connectivity index (χ1v) is 27.9. The third-order valence-corrected chi connectivity index (χ3v) is 18.0. The van der Waals surface area contributed by atoms with Gasteiger partial charge in [-0.25, -0.2) is 0 Å². The van der Waals surface area contributed by atoms with E-state index in [0.717, 1.165) is 28.3 Å². The van der Waals surface area contributed by atoms with E-state index in [4.69, 9.17) is 0 Å². The highest BCUT2D eigenvalue weighted by atomic mass is 15.1. The van der Waals surface area contributed by atoms with Crippen LogP contribution in [0.4, 0.5) is 17.1 Å². The maximum atomic E-state index is 4.09. The molecular weight excluding hydrogens is 965 g/mol. The zero-order valence-electron chi connectivity index (χ0n) is 44.7. The van der Waals surface area contributed by atoms with Crippen LogP contribution in [0.15, 0.2) is 280 Å². The zero-order chi connectivity index (χ0) is 53.3. The van der Waals surface area contributed by atoms with E-state index in [-0.39, 0.29) is 5.41 Å². The van der Waals surface area contributed by atoms with Gasteiger partial charge in [-0.15, -0.1) is 0 Å². The fourth-order valence-corrected chi connectivity index (χ4v) is 14.2. The Hall–Kier alpha value is -10.0. The fourth-order valence-electron chi connectivity index (χ4n) is 14.2. The smallest absolute Gasteiger partial charge is 0.0726 e. The summed E-state index contributed by atoms with van der Waals surface area (Å²) < 4.78 is 2.49. The minimum atomic E-state index is -0.512. The highest BCUT2D eigenvalue weighted by Crippen LogP contribution is 2.63. The van der Waals surface area contributed by atoms with E-state index in [0.29, 0.717) is 0 Å². The second kappa shape index (κ2) is 17.5. The molecule has 0 fully saturated rings. The summed E-state index contributed by atoms with van der Waals surface area (Å²) in [6, 6.07) is 102. The van der Waals surface area contributed by atoms with Gasteiger partial charge in [-0.3, -0.25) is 0 Å². The monoisotopic (exact) mass is 1020 g/mol. The predicted molar refractivity (Wildman–Crippen MR) is 336 cm³/mol. The lowest BCUT2D eigenvalue weighted by Crippen LogP contribution is -2.26. The Morgan fingerprint density at radius 1 is 0.325 bits per heavy atom. The Morgan fingerprint density at radius 3 is 1.51 bits per heavy atom. The van der Waals surface area contributed by atoms with Crippen molar-refractivity contribution < 1.29 is 0 Å². The van der Waals surface area contributed by atoms with E-state index < -0.39 is 5.41 Å². The molecule has 3 aliphatic rings. The van der Waals surface area contributed by atoms with E-state index >= 15 is 0 Å². The first-order valence-electron chi connectivity index (χ1n) is 27.9. The Kier molecular flexibility index (Phi) is 10.1. The standard InChI is InChI=1S/C78H54N2/c1-4-50-17-16-20-54(45-50)56-33-41-65-62-22-9-13-26-70(62)78(73(65)47-56)71-27-14-10-23-63(71)66-43-40-60(49-74(66)78)80-75-28-15-11-24-67(75)68-46-55(34-44-76(68)80)53-31-37-58(38-32-53)79(57-35-29-52(30-36-57)51-18-6-5-7-19-51)59-39-42-64-61-21-8-12-25-69(61)77(2,3)72(64)48-59/h4-49H,1H2,2-3H3. The van der Waals surface area contributed by atoms with Crippen molar-refractivity contribution in [3.05, 3.63) is 319 Å². The van der Waals surface area contributed by atoms with Crippen molar-refractivity contribution in [3.8, 4) is 72.4 Å². The van der Waals surface area contributed by atoms with Gasteiger partial charge < -0.3 is 9.47 Å². The van der Waals surface area contributed by atoms with Crippen molar-refractivity contribution in [3.63, 3.8) is 0 Å². The molecule has 0 bridgehead atoms. The zero-order valence-corrected chi connectivity index (χ0v) is 44.7. The van der Waals surface area contributed by atoms with Crippen molar-refractivity contribution in [1.29, 1.82) is 0 Å². The van der Waals surface area contributed by atoms with Crippen LogP contribution in [0.25, 0.3) is 100 Å². The van der Waals surface area contributed by atoms with Crippen molar-refractivity contribution in [2.24, 2.45) is 0 Å². The highest BCUT2D eigenvalue weighted by Gasteiger charge is 2.52. The number of hydrogen-bond donors (Lipinski definition) is 0. The quantitative estimate of drug-likeness (QED) is 0.147. The molecule has 2 nitrogen and oxygen atoms in total. The average Bonchev–Trinajstić information content (AvgIpc) is 3.83. The van der Waals surface area contributed by atoms with Crippen LogP contribution in [0.3, 0.4) is 0 Å². The molecule has 0 radical (unpaired) electrons. The van der Waals surface area contributed by atoms with Crippen molar-refractivity contribution >= 4 is 44.9 Å². The number of fused-ring (bicyclic) bond motifs is 16. The van der Waals surface area contributed by atoms with Crippen LogP contribution in [-0.4, -0.2) is 4.57 Å². The largest absolute Gasteiger partial charge is 0.310 e. The molecule has 2 heteroatoms. The molecule has 0 saturated heterocycles. The SMILES string of the molecule is C=Cc1cccc(-c2ccc3c(c2)C2(c4ccccc4-3)c3ccccc3-c3ccc(-n4c5ccccc5c5cc(-c6ccc(N(c7ccc(-c8ccccc8)cc7)c7ccc8c(c7)C(C)(C)c7ccccc7-8)cc6)ccc54)cc32)c1.